The van der Waals surface area contributed by atoms with Gasteiger partial charge in [-0.15, -0.1) is 0 Å². The number of thiazole rings is 1. The van der Waals surface area contributed by atoms with Crippen LogP contribution in [0.5, 0.6) is 5.75 Å². The van der Waals surface area contributed by atoms with Crippen molar-refractivity contribution in [3.63, 3.8) is 0 Å². The van der Waals surface area contributed by atoms with E-state index in [1.165, 1.54) is 11.3 Å². The van der Waals surface area contributed by atoms with E-state index in [2.05, 4.69) is 0 Å². The van der Waals surface area contributed by atoms with Crippen molar-refractivity contribution in [1.82, 2.24) is 4.57 Å². The molecule has 2 bridgehead atoms. The van der Waals surface area contributed by atoms with Crippen molar-refractivity contribution in [3.8, 4) is 5.75 Å². The number of para-hydroxylation sites is 1. The molecule has 3 atom stereocenters. The van der Waals surface area contributed by atoms with Gasteiger partial charge >= 0.3 is 5.97 Å². The molecule has 0 N–H and O–H groups in total. The standard InChI is InChI=1S/C21H18N2O5S/c1-3-27-19(25)16-17-13-6-4-5-7-14(13)28-21(16,2)22-20-23(17)18(24)15(29-20)10-12-8-9-26-11-12/h4-11,16-17H,3H2,1-2H3/b15-10+. The molecule has 2 aliphatic heterocycles. The van der Waals surface area contributed by atoms with Gasteiger partial charge in [0, 0.05) is 11.1 Å². The predicted octanol–water partition coefficient (Wildman–Crippen LogP) is 1.84. The van der Waals surface area contributed by atoms with Crippen LogP contribution in [0.15, 0.2) is 57.1 Å². The maximum absolute atomic E-state index is 13.3. The predicted molar refractivity (Wildman–Crippen MR) is 105 cm³/mol. The first-order valence-corrected chi connectivity index (χ1v) is 10.1. The van der Waals surface area contributed by atoms with Crippen molar-refractivity contribution in [2.75, 3.05) is 6.61 Å². The molecule has 8 heteroatoms. The molecule has 148 valence electrons. The molecule has 7 nitrogen and oxygen atoms in total. The number of furan rings is 1. The van der Waals surface area contributed by atoms with Crippen molar-refractivity contribution in [2.45, 2.75) is 25.6 Å². The van der Waals surface area contributed by atoms with Crippen LogP contribution in [0.2, 0.25) is 0 Å². The molecular weight excluding hydrogens is 392 g/mol. The third-order valence-corrected chi connectivity index (χ3v) is 6.24. The molecule has 0 saturated heterocycles. The number of nitrogens with zero attached hydrogens (tertiary/aromatic N) is 2. The van der Waals surface area contributed by atoms with Gasteiger partial charge in [0.25, 0.3) is 5.56 Å². The number of esters is 1. The van der Waals surface area contributed by atoms with Crippen molar-refractivity contribution < 1.29 is 18.7 Å². The first kappa shape index (κ1) is 17.9. The number of rotatable bonds is 3. The SMILES string of the molecule is CCOC(=O)C1C2c3ccccc3OC1(C)N=c1s/c(=C/c3ccoc3)c(=O)n12. The van der Waals surface area contributed by atoms with E-state index in [9.17, 15) is 9.59 Å². The maximum atomic E-state index is 13.3. The Morgan fingerprint density at radius 2 is 2.21 bits per heavy atom. The Morgan fingerprint density at radius 3 is 2.97 bits per heavy atom. The zero-order valence-electron chi connectivity index (χ0n) is 15.8. The molecule has 5 rings (SSSR count). The average molecular weight is 410 g/mol. The lowest BCUT2D eigenvalue weighted by Gasteiger charge is -2.44. The summed E-state index contributed by atoms with van der Waals surface area (Å²) in [6.07, 6.45) is 4.88. The van der Waals surface area contributed by atoms with Crippen LogP contribution in [0.25, 0.3) is 6.08 Å². The van der Waals surface area contributed by atoms with E-state index in [1.807, 2.05) is 24.3 Å². The Balaban J connectivity index is 1.80. The highest BCUT2D eigenvalue weighted by atomic mass is 32.1. The lowest BCUT2D eigenvalue weighted by atomic mass is 9.81. The molecule has 4 heterocycles. The molecule has 3 aromatic rings. The molecule has 3 unspecified atom stereocenters. The second-order valence-corrected chi connectivity index (χ2v) is 8.12. The highest BCUT2D eigenvalue weighted by Crippen LogP contribution is 2.47. The fourth-order valence-corrected chi connectivity index (χ4v) is 5.14. The van der Waals surface area contributed by atoms with E-state index in [4.69, 9.17) is 18.9 Å². The van der Waals surface area contributed by atoms with Crippen molar-refractivity contribution in [1.29, 1.82) is 0 Å². The van der Waals surface area contributed by atoms with E-state index in [0.29, 0.717) is 15.1 Å². The van der Waals surface area contributed by atoms with Crippen molar-refractivity contribution in [2.24, 2.45) is 10.9 Å². The Kier molecular flexibility index (Phi) is 3.99. The van der Waals surface area contributed by atoms with E-state index in [-0.39, 0.29) is 12.2 Å². The van der Waals surface area contributed by atoms with Gasteiger partial charge in [-0.05, 0) is 32.1 Å². The average Bonchev–Trinajstić information content (AvgIpc) is 3.29. The number of hydrogen-bond donors (Lipinski definition) is 0. The largest absolute Gasteiger partial charge is 0.472 e. The summed E-state index contributed by atoms with van der Waals surface area (Å²) >= 11 is 1.27. The van der Waals surface area contributed by atoms with E-state index < -0.39 is 23.7 Å². The second kappa shape index (κ2) is 6.45. The van der Waals surface area contributed by atoms with Crippen LogP contribution in [0.1, 0.15) is 31.0 Å². The summed E-state index contributed by atoms with van der Waals surface area (Å²) in [6.45, 7) is 3.76. The number of ether oxygens (including phenoxy) is 2. The highest BCUT2D eigenvalue weighted by molar-refractivity contribution is 7.07. The van der Waals surface area contributed by atoms with Gasteiger partial charge in [-0.2, -0.15) is 0 Å². The minimum atomic E-state index is -1.16. The second-order valence-electron chi connectivity index (χ2n) is 7.11. The smallest absolute Gasteiger partial charge is 0.317 e. The molecule has 0 spiro atoms. The zero-order chi connectivity index (χ0) is 20.2. The number of hydrogen-bond acceptors (Lipinski definition) is 7. The number of benzene rings is 1. The van der Waals surface area contributed by atoms with Gasteiger partial charge < -0.3 is 13.9 Å². The number of fused-ring (bicyclic) bond motifs is 6. The van der Waals surface area contributed by atoms with Crippen molar-refractivity contribution >= 4 is 23.4 Å². The van der Waals surface area contributed by atoms with Crippen LogP contribution < -0.4 is 19.6 Å². The Morgan fingerprint density at radius 1 is 1.38 bits per heavy atom. The Hall–Kier alpha value is -3.13. The highest BCUT2D eigenvalue weighted by Gasteiger charge is 2.55. The first-order valence-electron chi connectivity index (χ1n) is 9.31. The van der Waals surface area contributed by atoms with Crippen LogP contribution in [-0.2, 0) is 9.53 Å². The topological polar surface area (TPSA) is 83.0 Å². The van der Waals surface area contributed by atoms with Gasteiger partial charge in [0.15, 0.2) is 4.80 Å². The van der Waals surface area contributed by atoms with E-state index in [0.717, 1.165) is 11.1 Å². The number of carbonyl (C=O) groups is 1. The van der Waals surface area contributed by atoms with Gasteiger partial charge in [-0.3, -0.25) is 14.2 Å². The minimum Gasteiger partial charge on any atom is -0.472 e. The zero-order valence-corrected chi connectivity index (χ0v) is 16.6. The van der Waals surface area contributed by atoms with Gasteiger partial charge in [-0.1, -0.05) is 29.5 Å². The lowest BCUT2D eigenvalue weighted by molar-refractivity contribution is -0.160. The molecule has 1 aromatic carbocycles. The summed E-state index contributed by atoms with van der Waals surface area (Å²) in [5.41, 5.74) is 0.200. The van der Waals surface area contributed by atoms with Crippen LogP contribution in [0.4, 0.5) is 0 Å². The summed E-state index contributed by atoms with van der Waals surface area (Å²) in [5, 5.41) is 0. The van der Waals surface area contributed by atoms with E-state index in [1.54, 1.807) is 43.1 Å². The normalized spacial score (nSPS) is 24.8. The molecule has 2 aliphatic rings. The molecule has 0 radical (unpaired) electrons. The van der Waals surface area contributed by atoms with Crippen LogP contribution in [0.3, 0.4) is 0 Å². The van der Waals surface area contributed by atoms with Gasteiger partial charge in [-0.25, -0.2) is 4.99 Å². The van der Waals surface area contributed by atoms with Crippen LogP contribution in [0, 0.1) is 5.92 Å². The first-order chi connectivity index (χ1) is 14.0. The maximum Gasteiger partial charge on any atom is 0.317 e. The number of carbonyl (C=O) groups excluding carboxylic acids is 1. The molecule has 0 fully saturated rings. The third kappa shape index (κ3) is 2.66. The summed E-state index contributed by atoms with van der Waals surface area (Å²) in [7, 11) is 0. The molecule has 29 heavy (non-hydrogen) atoms. The summed E-state index contributed by atoms with van der Waals surface area (Å²) in [4.78, 5) is 31.5. The molecule has 0 amide bonds. The Labute approximate surface area is 169 Å². The molecule has 0 aliphatic carbocycles. The van der Waals surface area contributed by atoms with Gasteiger partial charge in [0.1, 0.15) is 11.7 Å². The molecular formula is C21H18N2O5S. The van der Waals surface area contributed by atoms with Crippen molar-refractivity contribution in [3.05, 3.63) is 73.7 Å². The van der Waals surface area contributed by atoms with Gasteiger partial charge in [0.2, 0.25) is 5.72 Å². The third-order valence-electron chi connectivity index (χ3n) is 5.26. The summed E-state index contributed by atoms with van der Waals surface area (Å²) < 4.78 is 18.7. The van der Waals surface area contributed by atoms with Crippen LogP contribution in [-0.4, -0.2) is 22.9 Å². The quantitative estimate of drug-likeness (QED) is 0.616. The summed E-state index contributed by atoms with van der Waals surface area (Å²) in [6, 6.07) is 8.67. The number of aromatic nitrogens is 1. The summed E-state index contributed by atoms with van der Waals surface area (Å²) in [5.74, 6) is -0.574. The van der Waals surface area contributed by atoms with E-state index >= 15 is 0 Å². The fraction of sp³-hybridized carbons (Fsp3) is 0.286. The molecule has 0 saturated carbocycles. The minimum absolute atomic E-state index is 0.201. The Bertz CT molecular complexity index is 1270. The lowest BCUT2D eigenvalue weighted by Crippen LogP contribution is -2.58. The van der Waals surface area contributed by atoms with Crippen LogP contribution >= 0.6 is 11.3 Å². The van der Waals surface area contributed by atoms with Gasteiger partial charge in [0.05, 0.1) is 29.7 Å². The molecule has 2 aromatic heterocycles. The fourth-order valence-electron chi connectivity index (χ4n) is 4.04. The monoisotopic (exact) mass is 410 g/mol.